The molecule has 1 aliphatic rings. The molecule has 1 fully saturated rings. The number of anilines is 1. The van der Waals surface area contributed by atoms with Crippen LogP contribution in [0.25, 0.3) is 0 Å². The highest BCUT2D eigenvalue weighted by atomic mass is 16.1. The Morgan fingerprint density at radius 2 is 2.05 bits per heavy atom. The molecule has 2 atom stereocenters. The third-order valence-electron chi connectivity index (χ3n) is 4.06. The van der Waals surface area contributed by atoms with E-state index in [1.54, 1.807) is 0 Å². The van der Waals surface area contributed by atoms with Gasteiger partial charge in [-0.2, -0.15) is 0 Å². The summed E-state index contributed by atoms with van der Waals surface area (Å²) in [5, 5.41) is 6.38. The summed E-state index contributed by atoms with van der Waals surface area (Å²) in [7, 11) is 2.18. The monoisotopic (exact) mass is 275 g/mol. The quantitative estimate of drug-likeness (QED) is 0.886. The summed E-state index contributed by atoms with van der Waals surface area (Å²) in [6.07, 6.45) is 2.33. The minimum Gasteiger partial charge on any atom is -0.382 e. The molecule has 2 rings (SSSR count). The first kappa shape index (κ1) is 14.9. The molecule has 0 radical (unpaired) electrons. The number of benzene rings is 1. The van der Waals surface area contributed by atoms with Gasteiger partial charge >= 0.3 is 0 Å². The van der Waals surface area contributed by atoms with Crippen LogP contribution in [0.15, 0.2) is 24.3 Å². The van der Waals surface area contributed by atoms with Gasteiger partial charge in [0, 0.05) is 36.4 Å². The second kappa shape index (κ2) is 6.75. The molecule has 0 bridgehead atoms. The maximum absolute atomic E-state index is 11.7. The van der Waals surface area contributed by atoms with E-state index in [1.807, 2.05) is 31.2 Å². The summed E-state index contributed by atoms with van der Waals surface area (Å²) in [6.45, 7) is 5.99. The first-order valence-corrected chi connectivity index (χ1v) is 7.45. The SMILES string of the molecule is CCNC(=O)c1ccc(NC2CCN(C)C(C)C2)cc1. The van der Waals surface area contributed by atoms with Crippen molar-refractivity contribution in [2.45, 2.75) is 38.8 Å². The van der Waals surface area contributed by atoms with Gasteiger partial charge in [-0.1, -0.05) is 0 Å². The minimum atomic E-state index is -0.00744. The van der Waals surface area contributed by atoms with Crippen LogP contribution in [0.4, 0.5) is 5.69 Å². The molecule has 2 N–H and O–H groups in total. The van der Waals surface area contributed by atoms with Crippen LogP contribution >= 0.6 is 0 Å². The summed E-state index contributed by atoms with van der Waals surface area (Å²) < 4.78 is 0. The molecule has 0 saturated carbocycles. The Labute approximate surface area is 121 Å². The average molecular weight is 275 g/mol. The van der Waals surface area contributed by atoms with Crippen molar-refractivity contribution in [2.24, 2.45) is 0 Å². The Hall–Kier alpha value is -1.55. The number of piperidine rings is 1. The van der Waals surface area contributed by atoms with E-state index < -0.39 is 0 Å². The van der Waals surface area contributed by atoms with Gasteiger partial charge in [0.05, 0.1) is 0 Å². The molecule has 1 saturated heterocycles. The summed E-state index contributed by atoms with van der Waals surface area (Å²) in [6, 6.07) is 8.89. The number of nitrogens with one attached hydrogen (secondary N) is 2. The molecule has 1 heterocycles. The molecule has 2 unspecified atom stereocenters. The van der Waals surface area contributed by atoms with Crippen LogP contribution in [0.3, 0.4) is 0 Å². The molecule has 1 amide bonds. The largest absolute Gasteiger partial charge is 0.382 e. The van der Waals surface area contributed by atoms with Crippen molar-refractivity contribution in [1.29, 1.82) is 0 Å². The van der Waals surface area contributed by atoms with E-state index in [2.05, 4.69) is 29.5 Å². The highest BCUT2D eigenvalue weighted by molar-refractivity contribution is 5.94. The van der Waals surface area contributed by atoms with Crippen molar-refractivity contribution in [2.75, 3.05) is 25.5 Å². The number of likely N-dealkylation sites (tertiary alicyclic amines) is 1. The molecule has 1 aromatic rings. The van der Waals surface area contributed by atoms with Crippen molar-refractivity contribution in [3.63, 3.8) is 0 Å². The van der Waals surface area contributed by atoms with E-state index in [1.165, 1.54) is 6.42 Å². The highest BCUT2D eigenvalue weighted by Crippen LogP contribution is 2.20. The Kier molecular flexibility index (Phi) is 5.01. The Bertz CT molecular complexity index is 444. The zero-order valence-electron chi connectivity index (χ0n) is 12.6. The minimum absolute atomic E-state index is 0.00744. The summed E-state index contributed by atoms with van der Waals surface area (Å²) in [4.78, 5) is 14.1. The summed E-state index contributed by atoms with van der Waals surface area (Å²) in [5.41, 5.74) is 1.81. The van der Waals surface area contributed by atoms with Crippen LogP contribution in [0.5, 0.6) is 0 Å². The van der Waals surface area contributed by atoms with Crippen molar-refractivity contribution in [3.05, 3.63) is 29.8 Å². The lowest BCUT2D eigenvalue weighted by Crippen LogP contribution is -2.42. The number of carbonyl (C=O) groups excluding carboxylic acids is 1. The van der Waals surface area contributed by atoms with Gasteiger partial charge in [0.15, 0.2) is 0 Å². The molecule has 1 aliphatic heterocycles. The highest BCUT2D eigenvalue weighted by Gasteiger charge is 2.22. The topological polar surface area (TPSA) is 44.4 Å². The van der Waals surface area contributed by atoms with E-state index in [4.69, 9.17) is 0 Å². The lowest BCUT2D eigenvalue weighted by molar-refractivity contribution is 0.0956. The maximum Gasteiger partial charge on any atom is 0.251 e. The number of amides is 1. The Morgan fingerprint density at radius 1 is 1.35 bits per heavy atom. The third-order valence-corrected chi connectivity index (χ3v) is 4.06. The smallest absolute Gasteiger partial charge is 0.251 e. The van der Waals surface area contributed by atoms with Gasteiger partial charge in [-0.3, -0.25) is 4.79 Å². The normalized spacial score (nSPS) is 23.4. The van der Waals surface area contributed by atoms with Gasteiger partial charge in [0.2, 0.25) is 0 Å². The van der Waals surface area contributed by atoms with Crippen LogP contribution < -0.4 is 10.6 Å². The van der Waals surface area contributed by atoms with Crippen molar-refractivity contribution >= 4 is 11.6 Å². The van der Waals surface area contributed by atoms with Gasteiger partial charge < -0.3 is 15.5 Å². The van der Waals surface area contributed by atoms with E-state index in [-0.39, 0.29) is 5.91 Å². The summed E-state index contributed by atoms with van der Waals surface area (Å²) in [5.74, 6) is -0.00744. The fraction of sp³-hybridized carbons (Fsp3) is 0.562. The van der Waals surface area contributed by atoms with Crippen LogP contribution in [0.1, 0.15) is 37.0 Å². The first-order chi connectivity index (χ1) is 9.60. The first-order valence-electron chi connectivity index (χ1n) is 7.45. The van der Waals surface area contributed by atoms with Crippen LogP contribution in [-0.4, -0.2) is 43.0 Å². The van der Waals surface area contributed by atoms with E-state index in [0.29, 0.717) is 24.2 Å². The molecule has 0 aliphatic carbocycles. The van der Waals surface area contributed by atoms with E-state index >= 15 is 0 Å². The number of nitrogens with zero attached hydrogens (tertiary/aromatic N) is 1. The number of hydrogen-bond acceptors (Lipinski definition) is 3. The molecule has 4 nitrogen and oxygen atoms in total. The standard InChI is InChI=1S/C16H25N3O/c1-4-17-16(20)13-5-7-14(8-6-13)18-15-9-10-19(3)12(2)11-15/h5-8,12,15,18H,4,9-11H2,1-3H3,(H,17,20). The molecule has 0 spiro atoms. The Morgan fingerprint density at radius 3 is 2.65 bits per heavy atom. The molecule has 110 valence electrons. The van der Waals surface area contributed by atoms with Gasteiger partial charge in [0.1, 0.15) is 0 Å². The van der Waals surface area contributed by atoms with Gasteiger partial charge in [-0.15, -0.1) is 0 Å². The average Bonchev–Trinajstić information content (AvgIpc) is 2.44. The lowest BCUT2D eigenvalue weighted by atomic mass is 9.98. The molecular formula is C16H25N3O. The lowest BCUT2D eigenvalue weighted by Gasteiger charge is -2.35. The van der Waals surface area contributed by atoms with Crippen LogP contribution in [0.2, 0.25) is 0 Å². The van der Waals surface area contributed by atoms with Crippen molar-refractivity contribution in [3.8, 4) is 0 Å². The predicted octanol–water partition coefficient (Wildman–Crippen LogP) is 2.33. The molecule has 20 heavy (non-hydrogen) atoms. The molecular weight excluding hydrogens is 250 g/mol. The van der Waals surface area contributed by atoms with Crippen molar-refractivity contribution < 1.29 is 4.79 Å². The molecule has 0 aromatic heterocycles. The summed E-state index contributed by atoms with van der Waals surface area (Å²) >= 11 is 0. The zero-order valence-corrected chi connectivity index (χ0v) is 12.6. The van der Waals surface area contributed by atoms with Gasteiger partial charge in [-0.25, -0.2) is 0 Å². The van der Waals surface area contributed by atoms with Gasteiger partial charge in [0.25, 0.3) is 5.91 Å². The second-order valence-electron chi connectivity index (χ2n) is 5.63. The Balaban J connectivity index is 1.92. The third kappa shape index (κ3) is 3.73. The maximum atomic E-state index is 11.7. The number of hydrogen-bond donors (Lipinski definition) is 2. The van der Waals surface area contributed by atoms with E-state index in [9.17, 15) is 4.79 Å². The number of rotatable bonds is 4. The molecule has 1 aromatic carbocycles. The molecule has 4 heteroatoms. The number of carbonyl (C=O) groups is 1. The zero-order chi connectivity index (χ0) is 14.5. The predicted molar refractivity (Wildman–Crippen MR) is 83.2 cm³/mol. The van der Waals surface area contributed by atoms with Gasteiger partial charge in [-0.05, 0) is 58.0 Å². The van der Waals surface area contributed by atoms with Crippen LogP contribution in [-0.2, 0) is 0 Å². The fourth-order valence-electron chi connectivity index (χ4n) is 2.64. The van der Waals surface area contributed by atoms with Crippen LogP contribution in [0, 0.1) is 0 Å². The van der Waals surface area contributed by atoms with E-state index in [0.717, 1.165) is 18.7 Å². The fourth-order valence-corrected chi connectivity index (χ4v) is 2.64. The second-order valence-corrected chi connectivity index (χ2v) is 5.63. The van der Waals surface area contributed by atoms with Crippen molar-refractivity contribution in [1.82, 2.24) is 10.2 Å².